The number of carboxylic acid groups (broad SMARTS) is 1. The molecule has 0 unspecified atom stereocenters. The third-order valence-corrected chi connectivity index (χ3v) is 7.44. The second-order valence-electron chi connectivity index (χ2n) is 7.46. The molecule has 0 spiro atoms. The number of carbonyl (C=O) groups excluding carboxylic acids is 2. The van der Waals surface area contributed by atoms with Crippen LogP contribution < -0.4 is 4.72 Å². The Labute approximate surface area is 189 Å². The van der Waals surface area contributed by atoms with Crippen LogP contribution in [0.3, 0.4) is 0 Å². The van der Waals surface area contributed by atoms with Crippen LogP contribution in [0.1, 0.15) is 31.2 Å². The standard InChI is InChI=1S/C18H19BrF3N3O6S/c19-10-1-3-14(12(9-10)18(20,21)22)32(30,31)23-11-5-7-24(8-6-11)16(27)13-2-4-15(26)25(13)17(28)29/h1,3,9,11,13,23H,2,4-8H2,(H,28,29)/t13-/m0/s1. The molecule has 2 fully saturated rings. The van der Waals surface area contributed by atoms with Gasteiger partial charge in [-0.25, -0.2) is 22.8 Å². The van der Waals surface area contributed by atoms with Gasteiger partial charge in [0.25, 0.3) is 0 Å². The van der Waals surface area contributed by atoms with E-state index in [-0.39, 0.29) is 43.2 Å². The van der Waals surface area contributed by atoms with Gasteiger partial charge in [-0.2, -0.15) is 13.2 Å². The quantitative estimate of drug-likeness (QED) is 0.603. The van der Waals surface area contributed by atoms with Crippen molar-refractivity contribution in [3.8, 4) is 0 Å². The van der Waals surface area contributed by atoms with Crippen molar-refractivity contribution in [1.29, 1.82) is 0 Å². The molecule has 2 aliphatic rings. The summed E-state index contributed by atoms with van der Waals surface area (Å²) >= 11 is 2.90. The molecule has 32 heavy (non-hydrogen) atoms. The highest BCUT2D eigenvalue weighted by atomic mass is 79.9. The summed E-state index contributed by atoms with van der Waals surface area (Å²) in [5, 5.41) is 9.15. The second kappa shape index (κ2) is 8.98. The lowest BCUT2D eigenvalue weighted by atomic mass is 10.0. The van der Waals surface area contributed by atoms with Crippen LogP contribution in [0.5, 0.6) is 0 Å². The Bertz CT molecular complexity index is 1040. The highest BCUT2D eigenvalue weighted by Gasteiger charge is 2.43. The number of hydrogen-bond donors (Lipinski definition) is 2. The second-order valence-corrected chi connectivity index (χ2v) is 10.1. The molecule has 0 radical (unpaired) electrons. The maximum absolute atomic E-state index is 13.3. The number of nitrogens with one attached hydrogen (secondary N) is 1. The van der Waals surface area contributed by atoms with Crippen molar-refractivity contribution in [3.05, 3.63) is 28.2 Å². The number of likely N-dealkylation sites (tertiary alicyclic amines) is 2. The molecule has 3 amide bonds. The predicted molar refractivity (Wildman–Crippen MR) is 107 cm³/mol. The average Bonchev–Trinajstić information content (AvgIpc) is 3.08. The molecule has 0 aliphatic carbocycles. The number of rotatable bonds is 4. The van der Waals surface area contributed by atoms with Gasteiger partial charge >= 0.3 is 12.3 Å². The number of amides is 3. The number of nitrogens with zero attached hydrogens (tertiary/aromatic N) is 2. The molecule has 0 aromatic heterocycles. The van der Waals surface area contributed by atoms with Crippen molar-refractivity contribution in [1.82, 2.24) is 14.5 Å². The van der Waals surface area contributed by atoms with E-state index in [0.29, 0.717) is 11.0 Å². The minimum atomic E-state index is -4.88. The summed E-state index contributed by atoms with van der Waals surface area (Å²) in [5.74, 6) is -1.21. The summed E-state index contributed by atoms with van der Waals surface area (Å²) in [6, 6.07) is 0.917. The van der Waals surface area contributed by atoms with E-state index in [0.717, 1.165) is 6.07 Å². The number of piperidine rings is 1. The van der Waals surface area contributed by atoms with E-state index < -0.39 is 56.6 Å². The molecule has 1 aromatic rings. The normalized spacial score (nSPS) is 20.6. The lowest BCUT2D eigenvalue weighted by Crippen LogP contribution is -2.53. The van der Waals surface area contributed by atoms with Crippen LogP contribution in [0.15, 0.2) is 27.6 Å². The average molecular weight is 542 g/mol. The van der Waals surface area contributed by atoms with E-state index >= 15 is 0 Å². The smallest absolute Gasteiger partial charge is 0.417 e. The van der Waals surface area contributed by atoms with E-state index in [1.165, 1.54) is 11.0 Å². The van der Waals surface area contributed by atoms with Crippen LogP contribution in [0.4, 0.5) is 18.0 Å². The van der Waals surface area contributed by atoms with Crippen LogP contribution in [-0.2, 0) is 25.8 Å². The number of alkyl halides is 3. The number of halogens is 4. The van der Waals surface area contributed by atoms with Gasteiger partial charge in [0.1, 0.15) is 6.04 Å². The Morgan fingerprint density at radius 2 is 1.78 bits per heavy atom. The molecule has 0 bridgehead atoms. The number of benzene rings is 1. The molecule has 0 saturated carbocycles. The number of carbonyl (C=O) groups is 3. The Morgan fingerprint density at radius 1 is 1.16 bits per heavy atom. The molecule has 9 nitrogen and oxygen atoms in total. The zero-order chi connectivity index (χ0) is 23.8. The van der Waals surface area contributed by atoms with Crippen molar-refractivity contribution in [2.75, 3.05) is 13.1 Å². The molecular formula is C18H19BrF3N3O6S. The Morgan fingerprint density at radius 3 is 2.34 bits per heavy atom. The predicted octanol–water partition coefficient (Wildman–Crippen LogP) is 2.41. The summed E-state index contributed by atoms with van der Waals surface area (Å²) in [7, 11) is -4.50. The van der Waals surface area contributed by atoms with Gasteiger partial charge in [0.15, 0.2) is 0 Å². The number of hydrogen-bond acceptors (Lipinski definition) is 5. The maximum atomic E-state index is 13.3. The summed E-state index contributed by atoms with van der Waals surface area (Å²) in [6.45, 7) is 0.132. The molecule has 1 aromatic carbocycles. The lowest BCUT2D eigenvalue weighted by molar-refractivity contribution is -0.140. The zero-order valence-corrected chi connectivity index (χ0v) is 18.8. The minimum Gasteiger partial charge on any atom is -0.465 e. The minimum absolute atomic E-state index is 0.0618. The fraction of sp³-hybridized carbons (Fsp3) is 0.500. The van der Waals surface area contributed by atoms with E-state index in [2.05, 4.69) is 20.7 Å². The van der Waals surface area contributed by atoms with Gasteiger partial charge in [-0.05, 0) is 37.5 Å². The molecule has 2 aliphatic heterocycles. The number of sulfonamides is 1. The van der Waals surface area contributed by atoms with Crippen LogP contribution in [0.25, 0.3) is 0 Å². The highest BCUT2D eigenvalue weighted by Crippen LogP contribution is 2.36. The largest absolute Gasteiger partial charge is 0.465 e. The topological polar surface area (TPSA) is 124 Å². The molecule has 176 valence electrons. The van der Waals surface area contributed by atoms with Crippen LogP contribution in [0.2, 0.25) is 0 Å². The molecule has 3 rings (SSSR count). The van der Waals surface area contributed by atoms with E-state index in [1.54, 1.807) is 0 Å². The molecule has 2 saturated heterocycles. The SMILES string of the molecule is O=C([C@@H]1CCC(=O)N1C(=O)O)N1CCC(NS(=O)(=O)c2ccc(Br)cc2C(F)(F)F)CC1. The first-order valence-corrected chi connectivity index (χ1v) is 11.8. The fourth-order valence-electron chi connectivity index (χ4n) is 3.83. The third-order valence-electron chi connectivity index (χ3n) is 5.37. The molecule has 14 heteroatoms. The summed E-state index contributed by atoms with van der Waals surface area (Å²) in [4.78, 5) is 36.5. The van der Waals surface area contributed by atoms with Crippen LogP contribution >= 0.6 is 15.9 Å². The fourth-order valence-corrected chi connectivity index (χ4v) is 5.70. The molecule has 1 atom stereocenters. The van der Waals surface area contributed by atoms with Gasteiger partial charge in [-0.3, -0.25) is 9.59 Å². The first-order chi connectivity index (χ1) is 14.8. The molecule has 2 heterocycles. The highest BCUT2D eigenvalue weighted by molar-refractivity contribution is 9.10. The van der Waals surface area contributed by atoms with E-state index in [4.69, 9.17) is 5.11 Å². The molecule has 2 N–H and O–H groups in total. The van der Waals surface area contributed by atoms with Gasteiger partial charge in [-0.1, -0.05) is 15.9 Å². The Hall–Kier alpha value is -2.19. The molecular weight excluding hydrogens is 523 g/mol. The summed E-state index contributed by atoms with van der Waals surface area (Å²) < 4.78 is 67.6. The van der Waals surface area contributed by atoms with Gasteiger partial charge in [0.2, 0.25) is 21.8 Å². The van der Waals surface area contributed by atoms with Crippen molar-refractivity contribution in [2.24, 2.45) is 0 Å². The first-order valence-electron chi connectivity index (χ1n) is 9.54. The zero-order valence-electron chi connectivity index (χ0n) is 16.4. The first kappa shape index (κ1) is 24.5. The maximum Gasteiger partial charge on any atom is 0.417 e. The Kier molecular flexibility index (Phi) is 6.86. The lowest BCUT2D eigenvalue weighted by Gasteiger charge is -2.34. The van der Waals surface area contributed by atoms with Crippen molar-refractivity contribution >= 4 is 43.9 Å². The van der Waals surface area contributed by atoms with Crippen molar-refractivity contribution < 1.29 is 41.1 Å². The summed E-state index contributed by atoms with van der Waals surface area (Å²) in [6.07, 6.45) is -6.14. The van der Waals surface area contributed by atoms with Gasteiger partial charge in [-0.15, -0.1) is 0 Å². The van der Waals surface area contributed by atoms with Crippen molar-refractivity contribution in [2.45, 2.75) is 48.8 Å². The van der Waals surface area contributed by atoms with Crippen LogP contribution in [-0.4, -0.2) is 66.4 Å². The monoisotopic (exact) mass is 541 g/mol. The number of imide groups is 1. The van der Waals surface area contributed by atoms with E-state index in [1.807, 2.05) is 0 Å². The Balaban J connectivity index is 1.67. The van der Waals surface area contributed by atoms with Gasteiger partial charge < -0.3 is 10.0 Å². The third kappa shape index (κ3) is 5.07. The van der Waals surface area contributed by atoms with Crippen molar-refractivity contribution in [3.63, 3.8) is 0 Å². The van der Waals surface area contributed by atoms with Gasteiger partial charge in [0, 0.05) is 30.0 Å². The van der Waals surface area contributed by atoms with E-state index in [9.17, 15) is 36.0 Å². The van der Waals surface area contributed by atoms with Gasteiger partial charge in [0.05, 0.1) is 10.5 Å². The van der Waals surface area contributed by atoms with Crippen LogP contribution in [0, 0.1) is 0 Å². The summed E-state index contributed by atoms with van der Waals surface area (Å²) in [5.41, 5.74) is -1.30.